The number of hydrogen-bond acceptors (Lipinski definition) is 4. The second kappa shape index (κ2) is 9.89. The number of nitrogens with zero attached hydrogens (tertiary/aromatic N) is 1. The van der Waals surface area contributed by atoms with Gasteiger partial charge in [-0.3, -0.25) is 9.59 Å². The van der Waals surface area contributed by atoms with Gasteiger partial charge >= 0.3 is 0 Å². The number of carbonyl (C=O) groups excluding carboxylic acids is 2. The van der Waals surface area contributed by atoms with E-state index in [1.807, 2.05) is 24.3 Å². The summed E-state index contributed by atoms with van der Waals surface area (Å²) in [5, 5.41) is 12.0. The van der Waals surface area contributed by atoms with E-state index in [2.05, 4.69) is 5.32 Å². The molecule has 152 valence electrons. The molecule has 29 heavy (non-hydrogen) atoms. The average Bonchev–Trinajstić information content (AvgIpc) is 2.77. The minimum atomic E-state index is -0.277. The van der Waals surface area contributed by atoms with Gasteiger partial charge in [-0.15, -0.1) is 0 Å². The Morgan fingerprint density at radius 2 is 1.93 bits per heavy atom. The summed E-state index contributed by atoms with van der Waals surface area (Å²) in [6.45, 7) is 1.46. The lowest BCUT2D eigenvalue weighted by atomic mass is 9.97. The Morgan fingerprint density at radius 1 is 1.17 bits per heavy atom. The third-order valence-corrected chi connectivity index (χ3v) is 5.06. The Labute approximate surface area is 170 Å². The molecule has 6 nitrogen and oxygen atoms in total. The number of methoxy groups -OCH3 is 1. The Bertz CT molecular complexity index is 886. The van der Waals surface area contributed by atoms with E-state index in [4.69, 9.17) is 4.74 Å². The molecule has 2 aromatic carbocycles. The highest BCUT2D eigenvalue weighted by Crippen LogP contribution is 2.20. The normalized spacial score (nSPS) is 14.8. The second-order valence-electron chi connectivity index (χ2n) is 7.10. The van der Waals surface area contributed by atoms with E-state index in [-0.39, 0.29) is 24.3 Å². The van der Waals surface area contributed by atoms with Gasteiger partial charge in [0.05, 0.1) is 7.11 Å². The SMILES string of the molecule is COc1cccc(C=CC(=O)Nc2cccc(C(=O)N3CCC(CO)CC3)c2)c1. The largest absolute Gasteiger partial charge is 0.497 e. The topological polar surface area (TPSA) is 78.9 Å². The summed E-state index contributed by atoms with van der Waals surface area (Å²) in [5.41, 5.74) is 1.97. The molecule has 0 aromatic heterocycles. The highest BCUT2D eigenvalue weighted by atomic mass is 16.5. The molecule has 0 saturated carbocycles. The number of nitrogens with one attached hydrogen (secondary N) is 1. The van der Waals surface area contributed by atoms with Crippen molar-refractivity contribution in [3.63, 3.8) is 0 Å². The minimum Gasteiger partial charge on any atom is -0.497 e. The van der Waals surface area contributed by atoms with E-state index < -0.39 is 0 Å². The first kappa shape index (κ1) is 20.6. The zero-order valence-corrected chi connectivity index (χ0v) is 16.5. The number of ether oxygens (including phenoxy) is 1. The third kappa shape index (κ3) is 5.68. The number of piperidine rings is 1. The molecule has 1 aliphatic heterocycles. The van der Waals surface area contributed by atoms with Crippen LogP contribution in [0.4, 0.5) is 5.69 Å². The molecule has 1 fully saturated rings. The number of likely N-dealkylation sites (tertiary alicyclic amines) is 1. The molecule has 3 rings (SSSR count). The van der Waals surface area contributed by atoms with E-state index >= 15 is 0 Å². The number of aliphatic hydroxyl groups is 1. The summed E-state index contributed by atoms with van der Waals surface area (Å²) >= 11 is 0. The maximum Gasteiger partial charge on any atom is 0.253 e. The van der Waals surface area contributed by atoms with E-state index in [0.29, 0.717) is 24.3 Å². The van der Waals surface area contributed by atoms with Crippen molar-refractivity contribution in [3.05, 3.63) is 65.7 Å². The van der Waals surface area contributed by atoms with Crippen LogP contribution < -0.4 is 10.1 Å². The van der Waals surface area contributed by atoms with Crippen LogP contribution >= 0.6 is 0 Å². The standard InChI is InChI=1S/C23H26N2O4/c1-29-21-7-2-4-17(14-21)8-9-22(27)24-20-6-3-5-19(15-20)23(28)25-12-10-18(16-26)11-13-25/h2-9,14-15,18,26H,10-13,16H2,1H3,(H,24,27). The van der Waals surface area contributed by atoms with Crippen molar-refractivity contribution in [3.8, 4) is 5.75 Å². The van der Waals surface area contributed by atoms with Crippen LogP contribution in [0.3, 0.4) is 0 Å². The lowest BCUT2D eigenvalue weighted by Crippen LogP contribution is -2.39. The van der Waals surface area contributed by atoms with Crippen molar-refractivity contribution < 1.29 is 19.4 Å². The zero-order chi connectivity index (χ0) is 20.6. The van der Waals surface area contributed by atoms with Crippen molar-refractivity contribution >= 4 is 23.6 Å². The predicted octanol–water partition coefficient (Wildman–Crippen LogP) is 3.19. The molecular weight excluding hydrogens is 368 g/mol. The predicted molar refractivity (Wildman–Crippen MR) is 113 cm³/mol. The van der Waals surface area contributed by atoms with Crippen LogP contribution in [0.1, 0.15) is 28.8 Å². The monoisotopic (exact) mass is 394 g/mol. The first-order valence-corrected chi connectivity index (χ1v) is 9.72. The molecule has 0 spiro atoms. The average molecular weight is 394 g/mol. The quantitative estimate of drug-likeness (QED) is 0.738. The van der Waals surface area contributed by atoms with Crippen LogP contribution in [0.25, 0.3) is 6.08 Å². The molecule has 2 N–H and O–H groups in total. The van der Waals surface area contributed by atoms with E-state index in [1.54, 1.807) is 42.4 Å². The van der Waals surface area contributed by atoms with Crippen LogP contribution in [-0.2, 0) is 4.79 Å². The number of hydrogen-bond donors (Lipinski definition) is 2. The van der Waals surface area contributed by atoms with Crippen molar-refractivity contribution in [1.29, 1.82) is 0 Å². The Balaban J connectivity index is 1.61. The molecule has 0 bridgehead atoms. The van der Waals surface area contributed by atoms with Gasteiger partial charge in [0.1, 0.15) is 5.75 Å². The van der Waals surface area contributed by atoms with Crippen LogP contribution in [-0.4, -0.2) is 48.6 Å². The maximum atomic E-state index is 12.7. The summed E-state index contributed by atoms with van der Waals surface area (Å²) in [6, 6.07) is 14.4. The van der Waals surface area contributed by atoms with Gasteiger partial charge in [0.2, 0.25) is 5.91 Å². The molecular formula is C23H26N2O4. The number of amides is 2. The van der Waals surface area contributed by atoms with Gasteiger partial charge in [-0.05, 0) is 60.7 Å². The molecule has 2 amide bonds. The van der Waals surface area contributed by atoms with Gasteiger partial charge in [-0.1, -0.05) is 18.2 Å². The summed E-state index contributed by atoms with van der Waals surface area (Å²) in [6.07, 6.45) is 4.78. The van der Waals surface area contributed by atoms with Crippen LogP contribution in [0.2, 0.25) is 0 Å². The number of rotatable bonds is 6. The molecule has 0 radical (unpaired) electrons. The molecule has 2 aromatic rings. The van der Waals surface area contributed by atoms with Crippen LogP contribution in [0, 0.1) is 5.92 Å². The van der Waals surface area contributed by atoms with Crippen LogP contribution in [0.5, 0.6) is 5.75 Å². The molecule has 6 heteroatoms. The lowest BCUT2D eigenvalue weighted by molar-refractivity contribution is -0.111. The van der Waals surface area contributed by atoms with E-state index in [9.17, 15) is 14.7 Å². The second-order valence-corrected chi connectivity index (χ2v) is 7.10. The van der Waals surface area contributed by atoms with E-state index in [0.717, 1.165) is 24.2 Å². The number of benzene rings is 2. The first-order valence-electron chi connectivity index (χ1n) is 9.72. The number of aliphatic hydroxyl groups excluding tert-OH is 1. The maximum absolute atomic E-state index is 12.7. The smallest absolute Gasteiger partial charge is 0.253 e. The fourth-order valence-corrected chi connectivity index (χ4v) is 3.33. The van der Waals surface area contributed by atoms with Crippen LogP contribution in [0.15, 0.2) is 54.6 Å². The zero-order valence-electron chi connectivity index (χ0n) is 16.5. The first-order chi connectivity index (χ1) is 14.1. The Morgan fingerprint density at radius 3 is 2.66 bits per heavy atom. The summed E-state index contributed by atoms with van der Waals surface area (Å²) in [4.78, 5) is 26.8. The summed E-state index contributed by atoms with van der Waals surface area (Å²) in [7, 11) is 1.60. The minimum absolute atomic E-state index is 0.0515. The molecule has 1 heterocycles. The van der Waals surface area contributed by atoms with Gasteiger partial charge < -0.3 is 20.1 Å². The highest BCUT2D eigenvalue weighted by molar-refractivity contribution is 6.03. The lowest BCUT2D eigenvalue weighted by Gasteiger charge is -2.31. The summed E-state index contributed by atoms with van der Waals surface area (Å²) < 4.78 is 5.17. The van der Waals surface area contributed by atoms with Gasteiger partial charge in [-0.2, -0.15) is 0 Å². The molecule has 0 unspecified atom stereocenters. The highest BCUT2D eigenvalue weighted by Gasteiger charge is 2.23. The van der Waals surface area contributed by atoms with Crippen molar-refractivity contribution in [2.24, 2.45) is 5.92 Å². The fraction of sp³-hybridized carbons (Fsp3) is 0.304. The molecule has 0 aliphatic carbocycles. The number of anilines is 1. The molecule has 0 atom stereocenters. The van der Waals surface area contributed by atoms with Gasteiger partial charge in [0.15, 0.2) is 0 Å². The van der Waals surface area contributed by atoms with Gasteiger partial charge in [0.25, 0.3) is 5.91 Å². The van der Waals surface area contributed by atoms with Crippen molar-refractivity contribution in [2.75, 3.05) is 32.1 Å². The Kier molecular flexibility index (Phi) is 7.03. The van der Waals surface area contributed by atoms with Gasteiger partial charge in [0, 0.05) is 37.0 Å². The van der Waals surface area contributed by atoms with Crippen molar-refractivity contribution in [2.45, 2.75) is 12.8 Å². The molecule has 1 aliphatic rings. The third-order valence-electron chi connectivity index (χ3n) is 5.06. The van der Waals surface area contributed by atoms with Gasteiger partial charge in [-0.25, -0.2) is 0 Å². The van der Waals surface area contributed by atoms with Crippen molar-refractivity contribution in [1.82, 2.24) is 4.90 Å². The number of carbonyl (C=O) groups is 2. The Hall–Kier alpha value is -3.12. The molecule has 1 saturated heterocycles. The van der Waals surface area contributed by atoms with E-state index in [1.165, 1.54) is 6.08 Å². The fourth-order valence-electron chi connectivity index (χ4n) is 3.33. The summed E-state index contributed by atoms with van der Waals surface area (Å²) in [5.74, 6) is 0.674.